The van der Waals surface area contributed by atoms with Gasteiger partial charge in [0.1, 0.15) is 5.82 Å². The number of halogens is 1. The smallest absolute Gasteiger partial charge is 0.191 e. The Bertz CT molecular complexity index is 636. The second-order valence-electron chi connectivity index (χ2n) is 7.57. The van der Waals surface area contributed by atoms with Crippen molar-refractivity contribution in [3.8, 4) is 0 Å². The minimum Gasteiger partial charge on any atom is -0.357 e. The average Bonchev–Trinajstić information content (AvgIpc) is 3.33. The Morgan fingerprint density at radius 2 is 2.04 bits per heavy atom. The van der Waals surface area contributed by atoms with Gasteiger partial charge in [0.15, 0.2) is 5.96 Å². The molecule has 4 nitrogen and oxygen atoms in total. The molecule has 0 heterocycles. The van der Waals surface area contributed by atoms with Crippen LogP contribution < -0.4 is 10.6 Å². The summed E-state index contributed by atoms with van der Waals surface area (Å²) in [6.07, 6.45) is 2.07. The Morgan fingerprint density at radius 3 is 2.60 bits per heavy atom. The molecule has 2 N–H and O–H groups in total. The van der Waals surface area contributed by atoms with Gasteiger partial charge in [-0.25, -0.2) is 4.39 Å². The van der Waals surface area contributed by atoms with Crippen LogP contribution in [0.15, 0.2) is 29.3 Å². The molecule has 0 radical (unpaired) electrons. The van der Waals surface area contributed by atoms with Crippen molar-refractivity contribution in [3.63, 3.8) is 0 Å². The molecule has 1 aromatic rings. The fraction of sp³-hybridized carbons (Fsp3) is 0.632. The Morgan fingerprint density at radius 1 is 1.32 bits per heavy atom. The molecule has 0 aromatic heterocycles. The van der Waals surface area contributed by atoms with Crippen LogP contribution in [0, 0.1) is 5.82 Å². The summed E-state index contributed by atoms with van der Waals surface area (Å²) in [6.45, 7) is 9.98. The molecule has 25 heavy (non-hydrogen) atoms. The van der Waals surface area contributed by atoms with Gasteiger partial charge in [-0.3, -0.25) is 9.20 Å². The van der Waals surface area contributed by atoms with Crippen molar-refractivity contribution >= 4 is 16.8 Å². The van der Waals surface area contributed by atoms with E-state index in [0.717, 1.165) is 30.9 Å². The molecule has 1 aliphatic rings. The fourth-order valence-electron chi connectivity index (χ4n) is 2.65. The highest BCUT2D eigenvalue weighted by atomic mass is 32.2. The van der Waals surface area contributed by atoms with Crippen LogP contribution in [0.2, 0.25) is 0 Å². The topological polar surface area (TPSA) is 53.5 Å². The SMILES string of the molecule is CCNC(=NCC1(c2cccc(F)c2)CC1)NCCS(=O)C(C)(C)C. The zero-order valence-electron chi connectivity index (χ0n) is 15.7. The number of hydrogen-bond acceptors (Lipinski definition) is 2. The minimum atomic E-state index is -0.886. The molecule has 0 spiro atoms. The van der Waals surface area contributed by atoms with Gasteiger partial charge < -0.3 is 10.6 Å². The van der Waals surface area contributed by atoms with Crippen LogP contribution in [0.1, 0.15) is 46.1 Å². The Kier molecular flexibility index (Phi) is 6.60. The van der Waals surface area contributed by atoms with Crippen molar-refractivity contribution in [2.45, 2.75) is 50.7 Å². The van der Waals surface area contributed by atoms with E-state index >= 15 is 0 Å². The summed E-state index contributed by atoms with van der Waals surface area (Å²) < 4.78 is 25.4. The highest BCUT2D eigenvalue weighted by Crippen LogP contribution is 2.48. The zero-order chi connectivity index (χ0) is 18.5. The van der Waals surface area contributed by atoms with Crippen LogP contribution in [0.25, 0.3) is 0 Å². The predicted octanol–water partition coefficient (Wildman–Crippen LogP) is 2.96. The third-order valence-corrected chi connectivity index (χ3v) is 6.38. The number of hydrogen-bond donors (Lipinski definition) is 2. The van der Waals surface area contributed by atoms with Crippen LogP contribution in [0.3, 0.4) is 0 Å². The molecule has 1 unspecified atom stereocenters. The van der Waals surface area contributed by atoms with E-state index in [4.69, 9.17) is 0 Å². The van der Waals surface area contributed by atoms with Crippen molar-refractivity contribution in [1.82, 2.24) is 10.6 Å². The number of guanidine groups is 1. The van der Waals surface area contributed by atoms with Gasteiger partial charge in [0.2, 0.25) is 0 Å². The Balaban J connectivity index is 1.94. The number of benzene rings is 1. The normalized spacial score (nSPS) is 17.9. The second-order valence-corrected chi connectivity index (χ2v) is 9.90. The average molecular weight is 368 g/mol. The van der Waals surface area contributed by atoms with Gasteiger partial charge in [-0.2, -0.15) is 0 Å². The highest BCUT2D eigenvalue weighted by Gasteiger charge is 2.44. The number of aliphatic imine (C=N–C) groups is 1. The molecule has 1 atom stereocenters. The molecule has 0 saturated heterocycles. The molecule has 6 heteroatoms. The van der Waals surface area contributed by atoms with Gasteiger partial charge >= 0.3 is 0 Å². The van der Waals surface area contributed by atoms with Crippen molar-refractivity contribution in [2.24, 2.45) is 4.99 Å². The summed E-state index contributed by atoms with van der Waals surface area (Å²) in [5.41, 5.74) is 1.000. The Hall–Kier alpha value is -1.43. The summed E-state index contributed by atoms with van der Waals surface area (Å²) in [5.74, 6) is 1.13. The molecule has 0 amide bonds. The number of rotatable bonds is 7. The molecular weight excluding hydrogens is 337 g/mol. The van der Waals surface area contributed by atoms with Crippen LogP contribution in [0.5, 0.6) is 0 Å². The number of nitrogens with one attached hydrogen (secondary N) is 2. The molecule has 140 valence electrons. The van der Waals surface area contributed by atoms with Crippen LogP contribution in [-0.4, -0.2) is 40.3 Å². The molecule has 1 aliphatic carbocycles. The van der Waals surface area contributed by atoms with Crippen molar-refractivity contribution < 1.29 is 8.60 Å². The van der Waals surface area contributed by atoms with Gasteiger partial charge in [-0.1, -0.05) is 12.1 Å². The van der Waals surface area contributed by atoms with Crippen LogP contribution >= 0.6 is 0 Å². The van der Waals surface area contributed by atoms with E-state index in [1.54, 1.807) is 12.1 Å². The Labute approximate surface area is 153 Å². The third-order valence-electron chi connectivity index (χ3n) is 4.44. The standard InChI is InChI=1S/C19H30FN3OS/c1-5-21-17(22-11-12-25(24)18(2,3)4)23-14-19(9-10-19)15-7-6-8-16(20)13-15/h6-8,13H,5,9-12,14H2,1-4H3,(H2,21,22,23). The molecule has 0 bridgehead atoms. The zero-order valence-corrected chi connectivity index (χ0v) is 16.5. The van der Waals surface area contributed by atoms with Crippen LogP contribution in [0.4, 0.5) is 4.39 Å². The maximum absolute atomic E-state index is 13.5. The lowest BCUT2D eigenvalue weighted by Gasteiger charge is -2.19. The van der Waals surface area contributed by atoms with E-state index in [2.05, 4.69) is 15.6 Å². The molecule has 1 fully saturated rings. The van der Waals surface area contributed by atoms with E-state index in [-0.39, 0.29) is 16.0 Å². The summed E-state index contributed by atoms with van der Waals surface area (Å²) in [7, 11) is -0.886. The van der Waals surface area contributed by atoms with Gasteiger partial charge in [0, 0.05) is 39.8 Å². The van der Waals surface area contributed by atoms with Gasteiger partial charge in [-0.05, 0) is 58.2 Å². The fourth-order valence-corrected chi connectivity index (χ4v) is 3.55. The quantitative estimate of drug-likeness (QED) is 0.575. The van der Waals surface area contributed by atoms with Crippen LogP contribution in [-0.2, 0) is 16.2 Å². The van der Waals surface area contributed by atoms with E-state index in [0.29, 0.717) is 18.8 Å². The third kappa shape index (κ3) is 5.80. The molecular formula is C19H30FN3OS. The molecule has 1 aromatic carbocycles. The maximum atomic E-state index is 13.5. The molecule has 1 saturated carbocycles. The van der Waals surface area contributed by atoms with Gasteiger partial charge in [-0.15, -0.1) is 0 Å². The first-order valence-corrected chi connectivity index (χ1v) is 10.3. The van der Waals surface area contributed by atoms with Crippen molar-refractivity contribution in [2.75, 3.05) is 25.4 Å². The van der Waals surface area contributed by atoms with E-state index in [1.165, 1.54) is 6.07 Å². The monoisotopic (exact) mass is 367 g/mol. The lowest BCUT2D eigenvalue weighted by atomic mass is 9.96. The van der Waals surface area contributed by atoms with Gasteiger partial charge in [0.25, 0.3) is 0 Å². The van der Waals surface area contributed by atoms with Crippen molar-refractivity contribution in [3.05, 3.63) is 35.6 Å². The van der Waals surface area contributed by atoms with Crippen molar-refractivity contribution in [1.29, 1.82) is 0 Å². The lowest BCUT2D eigenvalue weighted by molar-refractivity contribution is 0.616. The first kappa shape index (κ1) is 19.9. The highest BCUT2D eigenvalue weighted by molar-refractivity contribution is 7.86. The van der Waals surface area contributed by atoms with E-state index < -0.39 is 10.8 Å². The first-order valence-electron chi connectivity index (χ1n) is 8.93. The van der Waals surface area contributed by atoms with E-state index in [1.807, 2.05) is 33.8 Å². The van der Waals surface area contributed by atoms with Gasteiger partial charge in [0.05, 0.1) is 6.54 Å². The molecule has 2 rings (SSSR count). The minimum absolute atomic E-state index is 0.0291. The maximum Gasteiger partial charge on any atom is 0.191 e. The second kappa shape index (κ2) is 8.30. The summed E-state index contributed by atoms with van der Waals surface area (Å²) in [6, 6.07) is 6.84. The number of nitrogens with zero attached hydrogens (tertiary/aromatic N) is 1. The molecule has 0 aliphatic heterocycles. The first-order chi connectivity index (χ1) is 11.8. The summed E-state index contributed by atoms with van der Waals surface area (Å²) in [4.78, 5) is 4.69. The summed E-state index contributed by atoms with van der Waals surface area (Å²) >= 11 is 0. The summed E-state index contributed by atoms with van der Waals surface area (Å²) in [5, 5.41) is 6.48. The lowest BCUT2D eigenvalue weighted by Crippen LogP contribution is -2.40. The predicted molar refractivity (Wildman–Crippen MR) is 104 cm³/mol. The largest absolute Gasteiger partial charge is 0.357 e. The van der Waals surface area contributed by atoms with E-state index in [9.17, 15) is 8.60 Å².